The predicted molar refractivity (Wildman–Crippen MR) is 72.3 cm³/mol. The number of carboxylic acids is 1. The fourth-order valence-electron chi connectivity index (χ4n) is 2.70. The highest BCUT2D eigenvalue weighted by atomic mass is 19.3. The minimum absolute atomic E-state index is 0.463. The van der Waals surface area contributed by atoms with Crippen molar-refractivity contribution >= 4 is 11.9 Å². The predicted octanol–water partition coefficient (Wildman–Crippen LogP) is 2.33. The summed E-state index contributed by atoms with van der Waals surface area (Å²) in [7, 11) is 0. The fraction of sp³-hybridized carbons (Fsp3) is 0.467. The van der Waals surface area contributed by atoms with Crippen LogP contribution in [-0.2, 0) is 16.0 Å². The van der Waals surface area contributed by atoms with Gasteiger partial charge in [-0.3, -0.25) is 4.79 Å². The molecule has 1 amide bonds. The molecule has 2 atom stereocenters. The Kier molecular flexibility index (Phi) is 4.88. The summed E-state index contributed by atoms with van der Waals surface area (Å²) in [5.74, 6) is -2.39. The van der Waals surface area contributed by atoms with E-state index in [9.17, 15) is 18.4 Å². The number of benzene rings is 1. The van der Waals surface area contributed by atoms with E-state index in [1.165, 1.54) is 0 Å². The maximum absolute atomic E-state index is 12.4. The Bertz CT molecular complexity index is 533. The SMILES string of the molecule is O=C(O)C(CC(F)F)NC(=O)C1CCCc2ccccc21. The number of carbonyl (C=O) groups is 2. The number of aryl methyl sites for hydroxylation is 1. The van der Waals surface area contributed by atoms with Crippen molar-refractivity contribution in [1.29, 1.82) is 0 Å². The highest BCUT2D eigenvalue weighted by Gasteiger charge is 2.30. The summed E-state index contributed by atoms with van der Waals surface area (Å²) < 4.78 is 24.7. The average molecular weight is 297 g/mol. The standard InChI is InChI=1S/C15H17F2NO3/c16-13(17)8-12(15(20)21)18-14(19)11-7-3-5-9-4-1-2-6-10(9)11/h1-2,4,6,11-13H,3,5,7-8H2,(H,18,19)(H,20,21). The zero-order chi connectivity index (χ0) is 15.4. The van der Waals surface area contributed by atoms with Gasteiger partial charge in [-0.25, -0.2) is 13.6 Å². The van der Waals surface area contributed by atoms with Gasteiger partial charge in [0.2, 0.25) is 12.3 Å². The molecule has 114 valence electrons. The van der Waals surface area contributed by atoms with Crippen LogP contribution >= 0.6 is 0 Å². The summed E-state index contributed by atoms with van der Waals surface area (Å²) >= 11 is 0. The number of halogens is 2. The Morgan fingerprint density at radius 1 is 1.33 bits per heavy atom. The van der Waals surface area contributed by atoms with Gasteiger partial charge in [0, 0.05) is 6.42 Å². The fourth-order valence-corrected chi connectivity index (χ4v) is 2.70. The molecule has 0 aliphatic heterocycles. The van der Waals surface area contributed by atoms with Crippen molar-refractivity contribution in [3.05, 3.63) is 35.4 Å². The largest absolute Gasteiger partial charge is 0.480 e. The van der Waals surface area contributed by atoms with E-state index in [1.807, 2.05) is 24.3 Å². The van der Waals surface area contributed by atoms with E-state index in [-0.39, 0.29) is 0 Å². The summed E-state index contributed by atoms with van der Waals surface area (Å²) in [5, 5.41) is 11.2. The first-order chi connectivity index (χ1) is 9.99. The third-order valence-corrected chi connectivity index (χ3v) is 3.71. The molecule has 21 heavy (non-hydrogen) atoms. The number of hydrogen-bond acceptors (Lipinski definition) is 2. The Labute approximate surface area is 121 Å². The summed E-state index contributed by atoms with van der Waals surface area (Å²) in [6.07, 6.45) is -1.36. The normalized spacial score (nSPS) is 18.9. The van der Waals surface area contributed by atoms with E-state index in [0.29, 0.717) is 6.42 Å². The van der Waals surface area contributed by atoms with Gasteiger partial charge in [0.15, 0.2) is 0 Å². The molecule has 0 saturated heterocycles. The molecule has 0 spiro atoms. The van der Waals surface area contributed by atoms with Gasteiger partial charge in [0.1, 0.15) is 6.04 Å². The maximum atomic E-state index is 12.4. The topological polar surface area (TPSA) is 66.4 Å². The van der Waals surface area contributed by atoms with Crippen LogP contribution in [-0.4, -0.2) is 29.5 Å². The van der Waals surface area contributed by atoms with E-state index >= 15 is 0 Å². The molecule has 6 heteroatoms. The van der Waals surface area contributed by atoms with Crippen LogP contribution in [0.1, 0.15) is 36.3 Å². The molecule has 1 aliphatic rings. The molecular weight excluding hydrogens is 280 g/mol. The van der Waals surface area contributed by atoms with Crippen LogP contribution in [0, 0.1) is 0 Å². The highest BCUT2D eigenvalue weighted by Crippen LogP contribution is 2.31. The van der Waals surface area contributed by atoms with Crippen LogP contribution < -0.4 is 5.32 Å². The lowest BCUT2D eigenvalue weighted by molar-refractivity contribution is -0.143. The smallest absolute Gasteiger partial charge is 0.326 e. The number of carbonyl (C=O) groups excluding carboxylic acids is 1. The molecular formula is C15H17F2NO3. The van der Waals surface area contributed by atoms with Crippen molar-refractivity contribution in [2.45, 2.75) is 44.1 Å². The summed E-state index contributed by atoms with van der Waals surface area (Å²) in [5.41, 5.74) is 1.92. The number of rotatable bonds is 5. The van der Waals surface area contributed by atoms with E-state index in [0.717, 1.165) is 24.0 Å². The number of alkyl halides is 2. The Morgan fingerprint density at radius 3 is 2.71 bits per heavy atom. The Balaban J connectivity index is 2.12. The number of hydrogen-bond donors (Lipinski definition) is 2. The van der Waals surface area contributed by atoms with Crippen LogP contribution in [0.5, 0.6) is 0 Å². The molecule has 0 fully saturated rings. The van der Waals surface area contributed by atoms with E-state index < -0.39 is 36.7 Å². The Morgan fingerprint density at radius 2 is 2.05 bits per heavy atom. The van der Waals surface area contributed by atoms with Crippen molar-refractivity contribution in [3.8, 4) is 0 Å². The van der Waals surface area contributed by atoms with Crippen molar-refractivity contribution in [1.82, 2.24) is 5.32 Å². The molecule has 1 aliphatic carbocycles. The molecule has 0 radical (unpaired) electrons. The molecule has 2 unspecified atom stereocenters. The van der Waals surface area contributed by atoms with Crippen molar-refractivity contribution in [2.24, 2.45) is 0 Å². The summed E-state index contributed by atoms with van der Waals surface area (Å²) in [4.78, 5) is 23.2. The van der Waals surface area contributed by atoms with Crippen LogP contribution in [0.3, 0.4) is 0 Å². The Hall–Kier alpha value is -1.98. The van der Waals surface area contributed by atoms with Crippen LogP contribution in [0.25, 0.3) is 0 Å². The number of carboxylic acid groups (broad SMARTS) is 1. The van der Waals surface area contributed by atoms with Crippen LogP contribution in [0.4, 0.5) is 8.78 Å². The molecule has 2 rings (SSSR count). The second kappa shape index (κ2) is 6.65. The first-order valence-electron chi connectivity index (χ1n) is 6.88. The minimum atomic E-state index is -2.77. The summed E-state index contributed by atoms with van der Waals surface area (Å²) in [6, 6.07) is 5.92. The van der Waals surface area contributed by atoms with Gasteiger partial charge in [-0.1, -0.05) is 24.3 Å². The molecule has 1 aromatic rings. The number of amides is 1. The first kappa shape index (κ1) is 15.4. The zero-order valence-corrected chi connectivity index (χ0v) is 11.4. The van der Waals surface area contributed by atoms with Crippen molar-refractivity contribution in [3.63, 3.8) is 0 Å². The molecule has 0 saturated carbocycles. The molecule has 4 nitrogen and oxygen atoms in total. The molecule has 0 aromatic heterocycles. The number of aliphatic carboxylic acids is 1. The third-order valence-electron chi connectivity index (χ3n) is 3.71. The number of nitrogens with one attached hydrogen (secondary N) is 1. The monoisotopic (exact) mass is 297 g/mol. The second-order valence-electron chi connectivity index (χ2n) is 5.17. The van der Waals surface area contributed by atoms with Gasteiger partial charge >= 0.3 is 5.97 Å². The van der Waals surface area contributed by atoms with Gasteiger partial charge in [-0.15, -0.1) is 0 Å². The average Bonchev–Trinajstić information content (AvgIpc) is 2.45. The zero-order valence-electron chi connectivity index (χ0n) is 11.4. The lowest BCUT2D eigenvalue weighted by Crippen LogP contribution is -2.44. The third kappa shape index (κ3) is 3.77. The van der Waals surface area contributed by atoms with E-state index in [2.05, 4.69) is 5.32 Å². The highest BCUT2D eigenvalue weighted by molar-refractivity contribution is 5.88. The van der Waals surface area contributed by atoms with Crippen molar-refractivity contribution in [2.75, 3.05) is 0 Å². The van der Waals surface area contributed by atoms with Gasteiger partial charge in [-0.2, -0.15) is 0 Å². The van der Waals surface area contributed by atoms with Gasteiger partial charge < -0.3 is 10.4 Å². The first-order valence-corrected chi connectivity index (χ1v) is 6.88. The van der Waals surface area contributed by atoms with Crippen LogP contribution in [0.15, 0.2) is 24.3 Å². The van der Waals surface area contributed by atoms with Gasteiger partial charge in [0.25, 0.3) is 0 Å². The minimum Gasteiger partial charge on any atom is -0.480 e. The molecule has 2 N–H and O–H groups in total. The number of fused-ring (bicyclic) bond motifs is 1. The summed E-state index contributed by atoms with van der Waals surface area (Å²) in [6.45, 7) is 0. The maximum Gasteiger partial charge on any atom is 0.326 e. The lowest BCUT2D eigenvalue weighted by Gasteiger charge is -2.26. The molecule has 0 bridgehead atoms. The van der Waals surface area contributed by atoms with Gasteiger partial charge in [-0.05, 0) is 30.4 Å². The molecule has 0 heterocycles. The quantitative estimate of drug-likeness (QED) is 0.876. The molecule has 1 aromatic carbocycles. The van der Waals surface area contributed by atoms with Gasteiger partial charge in [0.05, 0.1) is 5.92 Å². The van der Waals surface area contributed by atoms with Crippen LogP contribution in [0.2, 0.25) is 0 Å². The van der Waals surface area contributed by atoms with Crippen molar-refractivity contribution < 1.29 is 23.5 Å². The van der Waals surface area contributed by atoms with E-state index in [4.69, 9.17) is 5.11 Å². The second-order valence-corrected chi connectivity index (χ2v) is 5.17. The lowest BCUT2D eigenvalue weighted by atomic mass is 9.82. The van der Waals surface area contributed by atoms with E-state index in [1.54, 1.807) is 0 Å².